The van der Waals surface area contributed by atoms with E-state index in [4.69, 9.17) is 9.47 Å². The summed E-state index contributed by atoms with van der Waals surface area (Å²) < 4.78 is 53.8. The van der Waals surface area contributed by atoms with Gasteiger partial charge < -0.3 is 19.1 Å². The number of benzene rings is 1. The maximum Gasteiger partial charge on any atom is 0.573 e. The number of amides is 1. The largest absolute Gasteiger partial charge is 0.573 e. The molecule has 1 amide bonds. The number of fused-ring (bicyclic) bond motifs is 1. The number of nitrogens with zero attached hydrogens (tertiary/aromatic N) is 3. The van der Waals surface area contributed by atoms with Gasteiger partial charge in [0.2, 0.25) is 0 Å². The number of halogens is 3. The average Bonchev–Trinajstić information content (AvgIpc) is 3.45. The van der Waals surface area contributed by atoms with E-state index in [9.17, 15) is 22.8 Å². The lowest BCUT2D eigenvalue weighted by Gasteiger charge is -2.32. The molecule has 2 saturated heterocycles. The van der Waals surface area contributed by atoms with E-state index in [0.29, 0.717) is 56.1 Å². The predicted molar refractivity (Wildman–Crippen MR) is 118 cm³/mol. The van der Waals surface area contributed by atoms with E-state index in [1.165, 1.54) is 12.1 Å². The average molecular weight is 492 g/mol. The predicted octanol–water partition coefficient (Wildman–Crippen LogP) is 3.27. The van der Waals surface area contributed by atoms with Crippen molar-refractivity contribution in [2.24, 2.45) is 0 Å². The number of nitrogens with one attached hydrogen (secondary N) is 1. The zero-order valence-electron chi connectivity index (χ0n) is 18.6. The normalized spacial score (nSPS) is 19.3. The Morgan fingerprint density at radius 2 is 1.86 bits per heavy atom. The van der Waals surface area contributed by atoms with Crippen LogP contribution >= 0.6 is 0 Å². The maximum atomic E-state index is 12.8. The number of aromatic amines is 1. The number of pyridine rings is 1. The third kappa shape index (κ3) is 5.11. The Bertz CT molecular complexity index is 1260. The van der Waals surface area contributed by atoms with Crippen LogP contribution in [-0.2, 0) is 4.74 Å². The molecule has 2 aliphatic rings. The second-order valence-corrected chi connectivity index (χ2v) is 8.54. The van der Waals surface area contributed by atoms with Gasteiger partial charge in [-0.2, -0.15) is 0 Å². The Hall–Kier alpha value is -3.54. The summed E-state index contributed by atoms with van der Waals surface area (Å²) in [6, 6.07) is 6.49. The van der Waals surface area contributed by atoms with Gasteiger partial charge in [-0.15, -0.1) is 13.2 Å². The molecule has 5 rings (SSSR count). The summed E-state index contributed by atoms with van der Waals surface area (Å²) in [5, 5.41) is 0. The van der Waals surface area contributed by atoms with E-state index >= 15 is 0 Å². The molecular formula is C23H23F3N4O5. The lowest BCUT2D eigenvalue weighted by Crippen LogP contribution is -2.40. The SMILES string of the molecule is O=C(c1ccc(OC(F)(F)F)cc1)N1CCC(n2c(=O)[nH]c3ncc(O[C@@H]4CCOC4)cc32)CC1. The fourth-order valence-corrected chi connectivity index (χ4v) is 4.52. The van der Waals surface area contributed by atoms with E-state index in [2.05, 4.69) is 14.7 Å². The Kier molecular flexibility index (Phi) is 6.13. The van der Waals surface area contributed by atoms with Gasteiger partial charge in [0.05, 0.1) is 24.9 Å². The highest BCUT2D eigenvalue weighted by molar-refractivity contribution is 5.94. The number of carbonyl (C=O) groups excluding carboxylic acids is 1. The number of hydrogen-bond donors (Lipinski definition) is 1. The zero-order valence-corrected chi connectivity index (χ0v) is 18.6. The van der Waals surface area contributed by atoms with E-state index in [1.54, 1.807) is 21.7 Å². The number of H-pyrrole nitrogens is 1. The molecule has 186 valence electrons. The summed E-state index contributed by atoms with van der Waals surface area (Å²) in [6.07, 6.45) is -1.39. The number of piperidine rings is 1. The Morgan fingerprint density at radius 3 is 2.51 bits per heavy atom. The molecule has 1 N–H and O–H groups in total. The van der Waals surface area contributed by atoms with Gasteiger partial charge in [0.25, 0.3) is 5.91 Å². The number of alkyl halides is 3. The first kappa shape index (κ1) is 23.2. The van der Waals surface area contributed by atoms with Crippen molar-refractivity contribution in [1.82, 2.24) is 19.4 Å². The highest BCUT2D eigenvalue weighted by Crippen LogP contribution is 2.28. The van der Waals surface area contributed by atoms with Crippen LogP contribution in [0.5, 0.6) is 11.5 Å². The summed E-state index contributed by atoms with van der Waals surface area (Å²) in [6.45, 7) is 1.96. The molecule has 0 aliphatic carbocycles. The minimum Gasteiger partial charge on any atom is -0.486 e. The van der Waals surface area contributed by atoms with Gasteiger partial charge in [0.1, 0.15) is 17.6 Å². The third-order valence-electron chi connectivity index (χ3n) is 6.19. The van der Waals surface area contributed by atoms with Gasteiger partial charge in [-0.3, -0.25) is 14.3 Å². The van der Waals surface area contributed by atoms with Gasteiger partial charge in [-0.25, -0.2) is 9.78 Å². The molecule has 12 heteroatoms. The molecule has 2 aromatic heterocycles. The van der Waals surface area contributed by atoms with Crippen molar-refractivity contribution in [2.75, 3.05) is 26.3 Å². The minimum atomic E-state index is -4.79. The number of ether oxygens (including phenoxy) is 3. The van der Waals surface area contributed by atoms with Gasteiger partial charge in [-0.05, 0) is 37.1 Å². The fourth-order valence-electron chi connectivity index (χ4n) is 4.52. The third-order valence-corrected chi connectivity index (χ3v) is 6.19. The van der Waals surface area contributed by atoms with E-state index in [-0.39, 0.29) is 35.1 Å². The summed E-state index contributed by atoms with van der Waals surface area (Å²) in [5.41, 5.74) is 1.09. The summed E-state index contributed by atoms with van der Waals surface area (Å²) in [5.74, 6) is -0.111. The van der Waals surface area contributed by atoms with Gasteiger partial charge >= 0.3 is 12.1 Å². The van der Waals surface area contributed by atoms with Crippen LogP contribution in [0.2, 0.25) is 0 Å². The second-order valence-electron chi connectivity index (χ2n) is 8.54. The van der Waals surface area contributed by atoms with Crippen molar-refractivity contribution < 1.29 is 32.2 Å². The van der Waals surface area contributed by atoms with Crippen molar-refractivity contribution in [3.05, 3.63) is 52.6 Å². The van der Waals surface area contributed by atoms with E-state index in [1.807, 2.05) is 0 Å². The molecule has 3 aromatic rings. The molecule has 0 bridgehead atoms. The molecule has 0 saturated carbocycles. The molecule has 1 aromatic carbocycles. The Labute approximate surface area is 197 Å². The molecule has 1 atom stereocenters. The summed E-state index contributed by atoms with van der Waals surface area (Å²) in [7, 11) is 0. The molecular weight excluding hydrogens is 469 g/mol. The fraction of sp³-hybridized carbons (Fsp3) is 0.435. The molecule has 2 fully saturated rings. The highest BCUT2D eigenvalue weighted by Gasteiger charge is 2.31. The first-order valence-electron chi connectivity index (χ1n) is 11.3. The molecule has 0 radical (unpaired) electrons. The number of rotatable bonds is 5. The molecule has 0 unspecified atom stereocenters. The van der Waals surface area contributed by atoms with E-state index in [0.717, 1.165) is 18.6 Å². The van der Waals surface area contributed by atoms with Crippen molar-refractivity contribution in [1.29, 1.82) is 0 Å². The lowest BCUT2D eigenvalue weighted by atomic mass is 10.0. The molecule has 0 spiro atoms. The maximum absolute atomic E-state index is 12.8. The van der Waals surface area contributed by atoms with Crippen LogP contribution in [-0.4, -0.2) is 64.1 Å². The van der Waals surface area contributed by atoms with Crippen LogP contribution in [0.4, 0.5) is 13.2 Å². The van der Waals surface area contributed by atoms with Crippen LogP contribution in [0, 0.1) is 0 Å². The standard InChI is InChI=1S/C23H23F3N4O5/c24-23(25,26)35-16-3-1-14(2-4-16)21(31)29-8-5-15(6-9-29)30-19-11-18(34-17-7-10-33-13-17)12-27-20(19)28-22(30)32/h1-4,11-12,15,17H,5-10,13H2,(H,27,28,32)/t17-/m1/s1. The number of hydrogen-bond acceptors (Lipinski definition) is 6. The quantitative estimate of drug-likeness (QED) is 0.587. The number of carbonyl (C=O) groups is 1. The summed E-state index contributed by atoms with van der Waals surface area (Å²) >= 11 is 0. The zero-order chi connectivity index (χ0) is 24.6. The van der Waals surface area contributed by atoms with Crippen LogP contribution in [0.15, 0.2) is 41.3 Å². The van der Waals surface area contributed by atoms with Crippen molar-refractivity contribution in [3.63, 3.8) is 0 Å². The minimum absolute atomic E-state index is 0.0447. The van der Waals surface area contributed by atoms with Gasteiger partial charge in [-0.1, -0.05) is 0 Å². The smallest absolute Gasteiger partial charge is 0.486 e. The number of imidazole rings is 1. The Balaban J connectivity index is 1.26. The number of likely N-dealkylation sites (tertiary alicyclic amines) is 1. The van der Waals surface area contributed by atoms with Crippen molar-refractivity contribution in [2.45, 2.75) is 37.8 Å². The topological polar surface area (TPSA) is 98.7 Å². The van der Waals surface area contributed by atoms with Crippen molar-refractivity contribution in [3.8, 4) is 11.5 Å². The second kappa shape index (κ2) is 9.25. The Morgan fingerprint density at radius 1 is 1.11 bits per heavy atom. The lowest BCUT2D eigenvalue weighted by molar-refractivity contribution is -0.274. The molecule has 9 nitrogen and oxygen atoms in total. The number of aromatic nitrogens is 3. The van der Waals surface area contributed by atoms with Crippen LogP contribution in [0.1, 0.15) is 35.7 Å². The van der Waals surface area contributed by atoms with Crippen molar-refractivity contribution >= 4 is 17.1 Å². The van der Waals surface area contributed by atoms with Crippen LogP contribution in [0.25, 0.3) is 11.2 Å². The van der Waals surface area contributed by atoms with Gasteiger partial charge in [0.15, 0.2) is 5.65 Å². The molecule has 35 heavy (non-hydrogen) atoms. The first-order valence-corrected chi connectivity index (χ1v) is 11.3. The van der Waals surface area contributed by atoms with E-state index < -0.39 is 6.36 Å². The monoisotopic (exact) mass is 492 g/mol. The highest BCUT2D eigenvalue weighted by atomic mass is 19.4. The molecule has 4 heterocycles. The summed E-state index contributed by atoms with van der Waals surface area (Å²) in [4.78, 5) is 34.2. The van der Waals surface area contributed by atoms with Gasteiger partial charge in [0, 0.05) is 37.2 Å². The van der Waals surface area contributed by atoms with Crippen LogP contribution < -0.4 is 15.2 Å². The van der Waals surface area contributed by atoms with Crippen LogP contribution in [0.3, 0.4) is 0 Å². The molecule has 2 aliphatic heterocycles. The first-order chi connectivity index (χ1) is 16.8.